The SMILES string of the molecule is CCOC1(CO)CC(C(=O)Nc2ccc(Cl)cc2)C(C(=O)Nc2ccc(-n3ccccc3=O)cc2F)C1. The van der Waals surface area contributed by atoms with Crippen molar-refractivity contribution >= 4 is 34.8 Å². The Morgan fingerprint density at radius 2 is 1.76 bits per heavy atom. The Kier molecular flexibility index (Phi) is 8.06. The molecule has 1 heterocycles. The molecule has 0 saturated heterocycles. The molecule has 4 rings (SSSR count). The van der Waals surface area contributed by atoms with Crippen LogP contribution in [-0.2, 0) is 14.3 Å². The summed E-state index contributed by atoms with van der Waals surface area (Å²) in [6.07, 6.45) is 1.72. The highest BCUT2D eigenvalue weighted by Crippen LogP contribution is 2.43. The van der Waals surface area contributed by atoms with Gasteiger partial charge in [0.15, 0.2) is 0 Å². The molecular weight excluding hydrogens is 501 g/mol. The van der Waals surface area contributed by atoms with Gasteiger partial charge in [-0.25, -0.2) is 4.39 Å². The summed E-state index contributed by atoms with van der Waals surface area (Å²) in [6.45, 7) is 1.68. The number of nitrogens with one attached hydrogen (secondary N) is 2. The molecule has 1 aromatic heterocycles. The molecule has 3 atom stereocenters. The Hall–Kier alpha value is -3.53. The van der Waals surface area contributed by atoms with Crippen molar-refractivity contribution < 1.29 is 23.8 Å². The molecule has 3 unspecified atom stereocenters. The molecule has 1 fully saturated rings. The van der Waals surface area contributed by atoms with E-state index < -0.39 is 35.1 Å². The third-order valence-corrected chi connectivity index (χ3v) is 6.76. The molecule has 2 amide bonds. The van der Waals surface area contributed by atoms with Crippen molar-refractivity contribution in [3.63, 3.8) is 0 Å². The number of aliphatic hydroxyl groups is 1. The molecule has 194 valence electrons. The van der Waals surface area contributed by atoms with Crippen LogP contribution in [0.3, 0.4) is 0 Å². The average molecular weight is 528 g/mol. The minimum absolute atomic E-state index is 0.0843. The van der Waals surface area contributed by atoms with E-state index in [1.165, 1.54) is 29.0 Å². The highest BCUT2D eigenvalue weighted by Gasteiger charge is 2.51. The Labute approximate surface area is 218 Å². The Morgan fingerprint density at radius 1 is 1.08 bits per heavy atom. The maximum absolute atomic E-state index is 14.9. The molecule has 0 radical (unpaired) electrons. The van der Waals surface area contributed by atoms with Gasteiger partial charge in [-0.1, -0.05) is 17.7 Å². The first-order valence-electron chi connectivity index (χ1n) is 11.8. The van der Waals surface area contributed by atoms with Crippen LogP contribution in [0, 0.1) is 17.7 Å². The topological polar surface area (TPSA) is 110 Å². The number of nitrogens with zero attached hydrogens (tertiary/aromatic N) is 1. The van der Waals surface area contributed by atoms with Crippen LogP contribution in [0.4, 0.5) is 15.8 Å². The second kappa shape index (κ2) is 11.2. The third kappa shape index (κ3) is 5.90. The number of aliphatic hydroxyl groups excluding tert-OH is 1. The molecule has 1 aliphatic rings. The lowest BCUT2D eigenvalue weighted by Crippen LogP contribution is -2.35. The number of carbonyl (C=O) groups excluding carboxylic acids is 2. The van der Waals surface area contributed by atoms with E-state index in [0.29, 0.717) is 16.4 Å². The van der Waals surface area contributed by atoms with Gasteiger partial charge in [0.25, 0.3) is 5.56 Å². The molecule has 8 nitrogen and oxygen atoms in total. The van der Waals surface area contributed by atoms with Crippen molar-refractivity contribution in [1.29, 1.82) is 0 Å². The molecule has 0 bridgehead atoms. The molecule has 3 N–H and O–H groups in total. The molecule has 3 aromatic rings. The van der Waals surface area contributed by atoms with Gasteiger partial charge < -0.3 is 20.5 Å². The summed E-state index contributed by atoms with van der Waals surface area (Å²) < 4.78 is 22.0. The van der Waals surface area contributed by atoms with Crippen LogP contribution in [0.2, 0.25) is 5.02 Å². The fourth-order valence-electron chi connectivity index (χ4n) is 4.71. The zero-order valence-corrected chi connectivity index (χ0v) is 20.9. The monoisotopic (exact) mass is 527 g/mol. The van der Waals surface area contributed by atoms with Crippen LogP contribution in [-0.4, -0.2) is 40.3 Å². The average Bonchev–Trinajstić information content (AvgIpc) is 3.28. The zero-order valence-electron chi connectivity index (χ0n) is 20.1. The Balaban J connectivity index is 1.56. The van der Waals surface area contributed by atoms with Crippen LogP contribution < -0.4 is 16.2 Å². The summed E-state index contributed by atoms with van der Waals surface area (Å²) in [5.74, 6) is -3.45. The molecule has 0 aliphatic heterocycles. The van der Waals surface area contributed by atoms with E-state index in [-0.39, 0.29) is 37.3 Å². The van der Waals surface area contributed by atoms with E-state index >= 15 is 0 Å². The standard InChI is InChI=1S/C27H27ClFN3O5/c1-2-37-27(16-33)14-20(25(35)30-18-8-6-17(28)7-9-18)21(15-27)26(36)31-23-11-10-19(13-22(23)29)32-12-4-3-5-24(32)34/h3-13,20-21,33H,2,14-16H2,1H3,(H,30,35)(H,31,36). The first kappa shape index (κ1) is 26.5. The fourth-order valence-corrected chi connectivity index (χ4v) is 4.83. The summed E-state index contributed by atoms with van der Waals surface area (Å²) in [5, 5.41) is 15.9. The van der Waals surface area contributed by atoms with Gasteiger partial charge >= 0.3 is 0 Å². The van der Waals surface area contributed by atoms with E-state index in [1.54, 1.807) is 43.3 Å². The van der Waals surface area contributed by atoms with Crippen molar-refractivity contribution in [2.75, 3.05) is 23.8 Å². The lowest BCUT2D eigenvalue weighted by Gasteiger charge is -2.26. The predicted molar refractivity (Wildman–Crippen MR) is 138 cm³/mol. The molecular formula is C27H27ClFN3O5. The number of pyridine rings is 1. The first-order valence-corrected chi connectivity index (χ1v) is 12.2. The van der Waals surface area contributed by atoms with E-state index in [0.717, 1.165) is 6.07 Å². The molecule has 1 saturated carbocycles. The zero-order chi connectivity index (χ0) is 26.6. The minimum Gasteiger partial charge on any atom is -0.393 e. The normalized spacial score (nSPS) is 21.0. The van der Waals surface area contributed by atoms with Crippen LogP contribution in [0.1, 0.15) is 19.8 Å². The summed E-state index contributed by atoms with van der Waals surface area (Å²) in [4.78, 5) is 38.6. The van der Waals surface area contributed by atoms with Crippen LogP contribution in [0.15, 0.2) is 71.7 Å². The molecule has 1 aliphatic carbocycles. The number of aromatic nitrogens is 1. The number of rotatable bonds is 8. The van der Waals surface area contributed by atoms with E-state index in [1.807, 2.05) is 0 Å². The molecule has 2 aromatic carbocycles. The van der Waals surface area contributed by atoms with E-state index in [9.17, 15) is 23.9 Å². The van der Waals surface area contributed by atoms with Gasteiger partial charge in [-0.05, 0) is 62.2 Å². The Morgan fingerprint density at radius 3 is 2.35 bits per heavy atom. The largest absolute Gasteiger partial charge is 0.393 e. The smallest absolute Gasteiger partial charge is 0.255 e. The molecule has 10 heteroatoms. The highest BCUT2D eigenvalue weighted by atomic mass is 35.5. The molecule has 0 spiro atoms. The second-order valence-corrected chi connectivity index (χ2v) is 9.39. The van der Waals surface area contributed by atoms with Crippen molar-refractivity contribution in [3.05, 3.63) is 88.1 Å². The number of halogens is 2. The van der Waals surface area contributed by atoms with Gasteiger partial charge in [0.05, 0.1) is 35.4 Å². The summed E-state index contributed by atoms with van der Waals surface area (Å²) >= 11 is 5.92. The van der Waals surface area contributed by atoms with Gasteiger partial charge in [0.1, 0.15) is 5.82 Å². The number of hydrogen-bond donors (Lipinski definition) is 3. The van der Waals surface area contributed by atoms with Gasteiger partial charge in [0, 0.05) is 35.6 Å². The number of benzene rings is 2. The summed E-state index contributed by atoms with van der Waals surface area (Å²) in [5.41, 5.74) is -0.680. The highest BCUT2D eigenvalue weighted by molar-refractivity contribution is 6.30. The number of anilines is 2. The van der Waals surface area contributed by atoms with Crippen LogP contribution >= 0.6 is 11.6 Å². The number of carbonyl (C=O) groups is 2. The van der Waals surface area contributed by atoms with Gasteiger partial charge in [-0.3, -0.25) is 19.0 Å². The predicted octanol–water partition coefficient (Wildman–Crippen LogP) is 4.00. The van der Waals surface area contributed by atoms with Crippen LogP contribution in [0.25, 0.3) is 5.69 Å². The maximum Gasteiger partial charge on any atom is 0.255 e. The summed E-state index contributed by atoms with van der Waals surface area (Å²) in [6, 6.07) is 15.1. The fraction of sp³-hybridized carbons (Fsp3) is 0.296. The van der Waals surface area contributed by atoms with Gasteiger partial charge in [0.2, 0.25) is 11.8 Å². The lowest BCUT2D eigenvalue weighted by atomic mass is 9.94. The quantitative estimate of drug-likeness (QED) is 0.410. The van der Waals surface area contributed by atoms with Crippen molar-refractivity contribution in [2.45, 2.75) is 25.4 Å². The van der Waals surface area contributed by atoms with E-state index in [2.05, 4.69) is 10.6 Å². The lowest BCUT2D eigenvalue weighted by molar-refractivity contribution is -0.128. The van der Waals surface area contributed by atoms with Gasteiger partial charge in [-0.2, -0.15) is 0 Å². The third-order valence-electron chi connectivity index (χ3n) is 6.50. The first-order chi connectivity index (χ1) is 17.7. The maximum atomic E-state index is 14.9. The number of ether oxygens (including phenoxy) is 1. The minimum atomic E-state index is -1.07. The Bertz CT molecular complexity index is 1350. The summed E-state index contributed by atoms with van der Waals surface area (Å²) in [7, 11) is 0. The second-order valence-electron chi connectivity index (χ2n) is 8.95. The van der Waals surface area contributed by atoms with Crippen LogP contribution in [0.5, 0.6) is 0 Å². The van der Waals surface area contributed by atoms with Crippen molar-refractivity contribution in [3.8, 4) is 5.69 Å². The number of hydrogen-bond acceptors (Lipinski definition) is 5. The molecule has 37 heavy (non-hydrogen) atoms. The van der Waals surface area contributed by atoms with E-state index in [4.69, 9.17) is 16.3 Å². The van der Waals surface area contributed by atoms with Crippen molar-refractivity contribution in [2.24, 2.45) is 11.8 Å². The van der Waals surface area contributed by atoms with Gasteiger partial charge in [-0.15, -0.1) is 0 Å². The number of amides is 2. The van der Waals surface area contributed by atoms with Crippen molar-refractivity contribution in [1.82, 2.24) is 4.57 Å².